The number of nitrogens with one attached hydrogen (secondary N) is 1. The van der Waals surface area contributed by atoms with Crippen LogP contribution in [0.25, 0.3) is 0 Å². The smallest absolute Gasteiger partial charge is 0.334 e. The molecule has 7 heteroatoms. The van der Waals surface area contributed by atoms with Gasteiger partial charge >= 0.3 is 8.56 Å². The quantitative estimate of drug-likeness (QED) is 0.433. The lowest BCUT2D eigenvalue weighted by Gasteiger charge is -2.26. The summed E-state index contributed by atoms with van der Waals surface area (Å²) in [6.07, 6.45) is 0.999. The summed E-state index contributed by atoms with van der Waals surface area (Å²) in [5, 5.41) is 3.33. The molecule has 0 aromatic heterocycles. The van der Waals surface area contributed by atoms with Gasteiger partial charge in [0.05, 0.1) is 5.92 Å². The Balaban J connectivity index is 3.94. The van der Waals surface area contributed by atoms with Crippen molar-refractivity contribution in [1.82, 2.24) is 5.32 Å². The molecule has 0 saturated carbocycles. The van der Waals surface area contributed by atoms with E-state index in [0.717, 1.165) is 19.0 Å². The molecular weight excluding hydrogens is 314 g/mol. The largest absolute Gasteiger partial charge is 0.520 e. The zero-order valence-electron chi connectivity index (χ0n) is 15.5. The Morgan fingerprint density at radius 3 is 2.09 bits per heavy atom. The Bertz CT molecular complexity index is 315. The molecule has 0 saturated heterocycles. The van der Waals surface area contributed by atoms with E-state index in [0.29, 0.717) is 19.8 Å². The predicted octanol–water partition coefficient (Wildman–Crippen LogP) is 3.13. The fraction of sp³-hybridized carbons (Fsp3) is 0.933. The van der Waals surface area contributed by atoms with E-state index in [1.807, 2.05) is 40.4 Å². The van der Waals surface area contributed by atoms with Gasteiger partial charge in [0, 0.05) is 19.8 Å². The van der Waals surface area contributed by atoms with E-state index < -0.39 is 16.9 Å². The first kappa shape index (κ1) is 21.8. The molecule has 0 aliphatic carbocycles. The van der Waals surface area contributed by atoms with Gasteiger partial charge in [0.1, 0.15) is 0 Å². The van der Waals surface area contributed by atoms with Crippen molar-refractivity contribution >= 4 is 22.8 Å². The van der Waals surface area contributed by atoms with Crippen LogP contribution in [0.5, 0.6) is 0 Å². The van der Waals surface area contributed by atoms with Crippen LogP contribution in [0.3, 0.4) is 0 Å². The second-order valence-electron chi connectivity index (χ2n) is 6.74. The van der Waals surface area contributed by atoms with Crippen LogP contribution >= 0.6 is 0 Å². The minimum atomic E-state index is -2.01. The van der Waals surface area contributed by atoms with Crippen molar-refractivity contribution in [3.05, 3.63) is 0 Å². The molecule has 0 heterocycles. The molecular formula is C15H35NO4Si2. The molecule has 5 nitrogen and oxygen atoms in total. The summed E-state index contributed by atoms with van der Waals surface area (Å²) in [6.45, 7) is 17.1. The van der Waals surface area contributed by atoms with Crippen molar-refractivity contribution in [1.29, 1.82) is 0 Å². The van der Waals surface area contributed by atoms with Gasteiger partial charge in [-0.3, -0.25) is 4.79 Å². The van der Waals surface area contributed by atoms with Crippen LogP contribution < -0.4 is 5.32 Å². The fourth-order valence-electron chi connectivity index (χ4n) is 2.14. The highest BCUT2D eigenvalue weighted by Gasteiger charge is 2.29. The maximum Gasteiger partial charge on any atom is 0.334 e. The van der Waals surface area contributed by atoms with E-state index in [2.05, 4.69) is 11.9 Å². The van der Waals surface area contributed by atoms with Crippen LogP contribution in [0.4, 0.5) is 0 Å². The first-order valence-electron chi connectivity index (χ1n) is 8.35. The normalized spacial score (nSPS) is 14.0. The van der Waals surface area contributed by atoms with Gasteiger partial charge < -0.3 is 18.6 Å². The zero-order valence-corrected chi connectivity index (χ0v) is 17.5. The molecule has 0 spiro atoms. The molecule has 0 radical (unpaired) electrons. The van der Waals surface area contributed by atoms with Crippen molar-refractivity contribution < 1.29 is 18.1 Å². The average Bonchev–Trinajstić information content (AvgIpc) is 2.36. The van der Waals surface area contributed by atoms with Crippen molar-refractivity contribution in [3.8, 4) is 0 Å². The van der Waals surface area contributed by atoms with E-state index in [1.165, 1.54) is 0 Å². The minimum Gasteiger partial charge on any atom is -0.520 e. The summed E-state index contributed by atoms with van der Waals surface area (Å²) in [5.74, 6) is -0.191. The van der Waals surface area contributed by atoms with Gasteiger partial charge in [-0.1, -0.05) is 6.92 Å². The third kappa shape index (κ3) is 10.5. The van der Waals surface area contributed by atoms with Crippen LogP contribution in [0, 0.1) is 5.92 Å². The Kier molecular flexibility index (Phi) is 10.4. The maximum atomic E-state index is 11.9. The van der Waals surface area contributed by atoms with Crippen LogP contribution in [0.2, 0.25) is 32.2 Å². The highest BCUT2D eigenvalue weighted by molar-refractivity contribution is 6.71. The molecule has 0 aromatic carbocycles. The molecule has 0 aliphatic rings. The van der Waals surface area contributed by atoms with Crippen LogP contribution in [0.1, 0.15) is 27.2 Å². The molecule has 0 fully saturated rings. The summed E-state index contributed by atoms with van der Waals surface area (Å²) in [7, 11) is -3.79. The van der Waals surface area contributed by atoms with Gasteiger partial charge in [0.15, 0.2) is 0 Å². The molecule has 132 valence electrons. The summed E-state index contributed by atoms with van der Waals surface area (Å²) in [6, 6.07) is 0.968. The van der Waals surface area contributed by atoms with Crippen molar-refractivity contribution in [3.63, 3.8) is 0 Å². The van der Waals surface area contributed by atoms with E-state index >= 15 is 0 Å². The third-order valence-electron chi connectivity index (χ3n) is 3.14. The predicted molar refractivity (Wildman–Crippen MR) is 95.8 cm³/mol. The van der Waals surface area contributed by atoms with Gasteiger partial charge in [0.25, 0.3) is 5.97 Å². The standard InChI is InChI=1S/C15H35NO4Si2/c1-8-18-22(7,19-9-2)12-10-11-16-13-14(3)15(17)20-21(4,5)6/h14,16H,8-13H2,1-7H3. The number of carbonyl (C=O) groups is 1. The third-order valence-corrected chi connectivity index (χ3v) is 7.02. The molecule has 0 aromatic rings. The lowest BCUT2D eigenvalue weighted by molar-refractivity contribution is -0.138. The number of hydrogen-bond donors (Lipinski definition) is 1. The summed E-state index contributed by atoms with van der Waals surface area (Å²) in [5.41, 5.74) is 0. The van der Waals surface area contributed by atoms with Gasteiger partial charge in [-0.25, -0.2) is 0 Å². The molecule has 1 unspecified atom stereocenters. The maximum absolute atomic E-state index is 11.9. The molecule has 0 aliphatic heterocycles. The Morgan fingerprint density at radius 1 is 1.09 bits per heavy atom. The first-order valence-corrected chi connectivity index (χ1v) is 14.3. The fourth-order valence-corrected chi connectivity index (χ4v) is 5.35. The van der Waals surface area contributed by atoms with Gasteiger partial charge in [-0.15, -0.1) is 0 Å². The van der Waals surface area contributed by atoms with E-state index in [-0.39, 0.29) is 11.9 Å². The van der Waals surface area contributed by atoms with Gasteiger partial charge in [0.2, 0.25) is 8.32 Å². The van der Waals surface area contributed by atoms with Crippen LogP contribution in [-0.2, 0) is 18.1 Å². The van der Waals surface area contributed by atoms with Crippen molar-refractivity contribution in [2.75, 3.05) is 26.3 Å². The molecule has 1 N–H and O–H groups in total. The molecule has 0 rings (SSSR count). The van der Waals surface area contributed by atoms with Crippen molar-refractivity contribution in [2.45, 2.75) is 59.4 Å². The topological polar surface area (TPSA) is 56.8 Å². The lowest BCUT2D eigenvalue weighted by Crippen LogP contribution is -2.40. The molecule has 1 atom stereocenters. The second-order valence-corrected chi connectivity index (χ2v) is 14.5. The summed E-state index contributed by atoms with van der Waals surface area (Å²) >= 11 is 0. The summed E-state index contributed by atoms with van der Waals surface area (Å²) in [4.78, 5) is 11.9. The number of carbonyl (C=O) groups excluding carboxylic acids is 1. The van der Waals surface area contributed by atoms with Gasteiger partial charge in [-0.05, 0) is 59.0 Å². The Morgan fingerprint density at radius 2 is 1.64 bits per heavy atom. The molecule has 0 bridgehead atoms. The Hall–Kier alpha value is -0.216. The highest BCUT2D eigenvalue weighted by Crippen LogP contribution is 2.15. The van der Waals surface area contributed by atoms with E-state index in [9.17, 15) is 4.79 Å². The SMILES string of the molecule is CCO[Si](C)(CCCNCC(C)C(=O)O[Si](C)(C)C)OCC. The van der Waals surface area contributed by atoms with E-state index in [1.54, 1.807) is 0 Å². The number of rotatable bonds is 12. The first-order chi connectivity index (χ1) is 10.1. The summed E-state index contributed by atoms with van der Waals surface area (Å²) < 4.78 is 17.1. The van der Waals surface area contributed by atoms with E-state index in [4.69, 9.17) is 13.3 Å². The second kappa shape index (κ2) is 10.5. The number of hydrogen-bond acceptors (Lipinski definition) is 5. The zero-order chi connectivity index (χ0) is 17.2. The monoisotopic (exact) mass is 349 g/mol. The molecule has 0 amide bonds. The van der Waals surface area contributed by atoms with Gasteiger partial charge in [-0.2, -0.15) is 0 Å². The average molecular weight is 350 g/mol. The minimum absolute atomic E-state index is 0.0884. The van der Waals surface area contributed by atoms with Crippen LogP contribution in [0.15, 0.2) is 0 Å². The van der Waals surface area contributed by atoms with Crippen molar-refractivity contribution in [2.24, 2.45) is 5.92 Å². The lowest BCUT2D eigenvalue weighted by atomic mass is 10.2. The van der Waals surface area contributed by atoms with Crippen LogP contribution in [-0.4, -0.2) is 49.2 Å². The Labute approximate surface area is 138 Å². The molecule has 22 heavy (non-hydrogen) atoms. The highest BCUT2D eigenvalue weighted by atomic mass is 28.4.